The summed E-state index contributed by atoms with van der Waals surface area (Å²) in [4.78, 5) is 41.7. The molecule has 0 aromatic heterocycles. The van der Waals surface area contributed by atoms with Gasteiger partial charge >= 0.3 is 6.03 Å². The van der Waals surface area contributed by atoms with Crippen molar-refractivity contribution in [3.05, 3.63) is 65.0 Å². The molecule has 2 aliphatic rings. The molecule has 2 amide bonds. The molecule has 0 radical (unpaired) electrons. The molecule has 1 unspecified atom stereocenters. The van der Waals surface area contributed by atoms with Crippen LogP contribution >= 0.6 is 0 Å². The van der Waals surface area contributed by atoms with Crippen molar-refractivity contribution in [2.75, 3.05) is 45.1 Å². The number of carbonyl (C=O) groups is 3. The number of hydrogen-bond donors (Lipinski definition) is 2. The molecule has 2 aromatic carbocycles. The zero-order chi connectivity index (χ0) is 27.2. The lowest BCUT2D eigenvalue weighted by molar-refractivity contribution is 0.0958. The van der Waals surface area contributed by atoms with E-state index in [0.29, 0.717) is 22.7 Å². The summed E-state index contributed by atoms with van der Waals surface area (Å²) in [6.07, 6.45) is 4.11. The number of piperidine rings is 2. The minimum atomic E-state index is -0.326. The van der Waals surface area contributed by atoms with Crippen LogP contribution in [0.5, 0.6) is 0 Å². The lowest BCUT2D eigenvalue weighted by Crippen LogP contribution is -2.55. The predicted octanol–water partition coefficient (Wildman–Crippen LogP) is 4.63. The van der Waals surface area contributed by atoms with Gasteiger partial charge < -0.3 is 20.4 Å². The molecule has 2 N–H and O–H groups in total. The number of halogens is 1. The van der Waals surface area contributed by atoms with Gasteiger partial charge in [0.15, 0.2) is 11.6 Å². The van der Waals surface area contributed by atoms with Crippen LogP contribution in [-0.2, 0) is 6.42 Å². The zero-order valence-electron chi connectivity index (χ0n) is 22.6. The van der Waals surface area contributed by atoms with Gasteiger partial charge in [-0.05, 0) is 101 Å². The van der Waals surface area contributed by atoms with Gasteiger partial charge in [-0.25, -0.2) is 9.18 Å². The number of benzene rings is 2. The van der Waals surface area contributed by atoms with Crippen molar-refractivity contribution in [3.63, 3.8) is 0 Å². The van der Waals surface area contributed by atoms with Crippen molar-refractivity contribution in [3.8, 4) is 0 Å². The van der Waals surface area contributed by atoms with E-state index >= 15 is 0 Å². The van der Waals surface area contributed by atoms with Crippen LogP contribution in [0.15, 0.2) is 42.5 Å². The second-order valence-electron chi connectivity index (χ2n) is 11.0. The molecule has 0 spiro atoms. The number of amides is 2. The number of urea groups is 1. The average Bonchev–Trinajstić information content (AvgIpc) is 2.87. The summed E-state index contributed by atoms with van der Waals surface area (Å²) in [5.74, 6) is 0.293. The summed E-state index contributed by atoms with van der Waals surface area (Å²) >= 11 is 0. The van der Waals surface area contributed by atoms with E-state index in [0.717, 1.165) is 52.0 Å². The summed E-state index contributed by atoms with van der Waals surface area (Å²) in [5, 5.41) is 6.02. The van der Waals surface area contributed by atoms with Gasteiger partial charge in [0.05, 0.1) is 0 Å². The number of nitrogens with zero attached hydrogens (tertiary/aromatic N) is 2. The highest BCUT2D eigenvalue weighted by Crippen LogP contribution is 2.25. The van der Waals surface area contributed by atoms with Gasteiger partial charge in [0.25, 0.3) is 0 Å². The fourth-order valence-electron chi connectivity index (χ4n) is 5.80. The van der Waals surface area contributed by atoms with Crippen molar-refractivity contribution in [2.24, 2.45) is 11.8 Å². The molecule has 0 aliphatic carbocycles. The molecule has 0 bridgehead atoms. The van der Waals surface area contributed by atoms with Crippen LogP contribution in [0, 0.1) is 17.7 Å². The van der Waals surface area contributed by atoms with E-state index in [1.807, 2.05) is 12.1 Å². The molecule has 2 heterocycles. The summed E-state index contributed by atoms with van der Waals surface area (Å²) in [7, 11) is 2.12. The van der Waals surface area contributed by atoms with Crippen molar-refractivity contribution in [1.29, 1.82) is 0 Å². The minimum absolute atomic E-state index is 0.0203. The smallest absolute Gasteiger partial charge is 0.319 e. The summed E-state index contributed by atoms with van der Waals surface area (Å²) in [5.41, 5.74) is 2.40. The van der Waals surface area contributed by atoms with Crippen LogP contribution in [0.4, 0.5) is 14.9 Å². The van der Waals surface area contributed by atoms with Crippen LogP contribution in [-0.4, -0.2) is 73.2 Å². The Morgan fingerprint density at radius 3 is 2.29 bits per heavy atom. The molecule has 8 heteroatoms. The van der Waals surface area contributed by atoms with Crippen LogP contribution in [0.1, 0.15) is 59.4 Å². The second-order valence-corrected chi connectivity index (χ2v) is 11.0. The second kappa shape index (κ2) is 12.6. The number of hydrogen-bond acceptors (Lipinski definition) is 5. The molecule has 2 aliphatic heterocycles. The number of ketones is 2. The first-order valence-electron chi connectivity index (χ1n) is 13.6. The van der Waals surface area contributed by atoms with Gasteiger partial charge in [-0.15, -0.1) is 0 Å². The van der Waals surface area contributed by atoms with Gasteiger partial charge in [0.2, 0.25) is 0 Å². The predicted molar refractivity (Wildman–Crippen MR) is 147 cm³/mol. The molecular formula is C30H39FN4O3. The summed E-state index contributed by atoms with van der Waals surface area (Å²) in [6.45, 7) is 7.64. The Hall–Kier alpha value is -3.10. The number of rotatable bonds is 8. The molecule has 7 nitrogen and oxygen atoms in total. The van der Waals surface area contributed by atoms with Crippen molar-refractivity contribution in [2.45, 2.75) is 45.6 Å². The highest BCUT2D eigenvalue weighted by Gasteiger charge is 2.32. The first-order chi connectivity index (χ1) is 18.2. The first kappa shape index (κ1) is 27.9. The quantitative estimate of drug-likeness (QED) is 0.494. The average molecular weight is 523 g/mol. The molecule has 3 atom stereocenters. The van der Waals surface area contributed by atoms with Gasteiger partial charge in [-0.1, -0.05) is 12.1 Å². The summed E-state index contributed by atoms with van der Waals surface area (Å²) in [6, 6.07) is 11.3. The number of carbonyl (C=O) groups excluding carboxylic acids is 3. The summed E-state index contributed by atoms with van der Waals surface area (Å²) < 4.78 is 13.3. The SMILES string of the molecule is CC(=O)c1cc(NC(=O)N[C@@H]2CCN(C)C[C@H]2CN2CCCC(Cc3ccc(F)cc3)C2)cc(C(C)=O)c1. The van der Waals surface area contributed by atoms with E-state index < -0.39 is 0 Å². The lowest BCUT2D eigenvalue weighted by atomic mass is 9.88. The van der Waals surface area contributed by atoms with Crippen molar-refractivity contribution in [1.82, 2.24) is 15.1 Å². The highest BCUT2D eigenvalue weighted by atomic mass is 19.1. The number of anilines is 1. The van der Waals surface area contributed by atoms with Crippen molar-refractivity contribution < 1.29 is 18.8 Å². The van der Waals surface area contributed by atoms with Crippen LogP contribution < -0.4 is 10.6 Å². The first-order valence-corrected chi connectivity index (χ1v) is 13.6. The Morgan fingerprint density at radius 1 is 0.947 bits per heavy atom. The molecule has 4 rings (SSSR count). The topological polar surface area (TPSA) is 81.8 Å². The minimum Gasteiger partial charge on any atom is -0.335 e. The standard InChI is InChI=1S/C30H39FN4O3/c1-20(36)24-14-25(21(2)37)16-28(15-24)32-30(38)33-29-10-12-34(3)18-26(29)19-35-11-4-5-23(17-35)13-22-6-8-27(31)9-7-22/h6-9,14-16,23,26,29H,4-5,10-13,17-19H2,1-3H3,(H2,32,33,38)/t23?,26-,29+/m0/s1. The Morgan fingerprint density at radius 2 is 1.63 bits per heavy atom. The molecule has 0 saturated carbocycles. The van der Waals surface area contributed by atoms with Crippen LogP contribution in [0.25, 0.3) is 0 Å². The molecule has 38 heavy (non-hydrogen) atoms. The number of Topliss-reactive ketones (excluding diaryl/α,β-unsaturated/α-hetero) is 2. The Bertz CT molecular complexity index is 1120. The van der Waals surface area contributed by atoms with E-state index in [-0.39, 0.29) is 35.4 Å². The third-order valence-corrected chi connectivity index (χ3v) is 7.79. The zero-order valence-corrected chi connectivity index (χ0v) is 22.6. The Balaban J connectivity index is 1.37. The lowest BCUT2D eigenvalue weighted by Gasteiger charge is -2.41. The van der Waals surface area contributed by atoms with E-state index in [1.165, 1.54) is 38.0 Å². The third kappa shape index (κ3) is 7.71. The van der Waals surface area contributed by atoms with Crippen LogP contribution in [0.2, 0.25) is 0 Å². The van der Waals surface area contributed by atoms with Gasteiger partial charge in [0, 0.05) is 48.4 Å². The van der Waals surface area contributed by atoms with Gasteiger partial charge in [-0.3, -0.25) is 9.59 Å². The fourth-order valence-corrected chi connectivity index (χ4v) is 5.80. The Kier molecular flexibility index (Phi) is 9.28. The molecule has 204 valence electrons. The van der Waals surface area contributed by atoms with Crippen molar-refractivity contribution >= 4 is 23.3 Å². The maximum atomic E-state index is 13.3. The molecule has 2 fully saturated rings. The van der Waals surface area contributed by atoms with Gasteiger partial charge in [0.1, 0.15) is 5.82 Å². The monoisotopic (exact) mass is 522 g/mol. The largest absolute Gasteiger partial charge is 0.335 e. The highest BCUT2D eigenvalue weighted by molar-refractivity contribution is 6.02. The van der Waals surface area contributed by atoms with E-state index in [1.54, 1.807) is 18.2 Å². The van der Waals surface area contributed by atoms with E-state index in [9.17, 15) is 18.8 Å². The maximum Gasteiger partial charge on any atom is 0.319 e. The Labute approximate surface area is 224 Å². The molecule has 2 saturated heterocycles. The van der Waals surface area contributed by atoms with Crippen LogP contribution in [0.3, 0.4) is 0 Å². The molecular weight excluding hydrogens is 483 g/mol. The molecule has 2 aromatic rings. The number of nitrogens with one attached hydrogen (secondary N) is 2. The van der Waals surface area contributed by atoms with E-state index in [4.69, 9.17) is 0 Å². The number of likely N-dealkylation sites (tertiary alicyclic amines) is 2. The normalized spacial score (nSPS) is 22.6. The third-order valence-electron chi connectivity index (χ3n) is 7.79. The maximum absolute atomic E-state index is 13.3. The fraction of sp³-hybridized carbons (Fsp3) is 0.500. The van der Waals surface area contributed by atoms with E-state index in [2.05, 4.69) is 27.5 Å². The van der Waals surface area contributed by atoms with Gasteiger partial charge in [-0.2, -0.15) is 0 Å².